The Kier molecular flexibility index (Phi) is 2.32. The van der Waals surface area contributed by atoms with Crippen LogP contribution in [0.4, 0.5) is 0 Å². The zero-order valence-corrected chi connectivity index (χ0v) is 10.4. The summed E-state index contributed by atoms with van der Waals surface area (Å²) in [6.45, 7) is 0. The van der Waals surface area contributed by atoms with Crippen molar-refractivity contribution in [3.63, 3.8) is 0 Å². The first-order valence-corrected chi connectivity index (χ1v) is 7.51. The van der Waals surface area contributed by atoms with Crippen molar-refractivity contribution in [3.05, 3.63) is 17.5 Å². The summed E-state index contributed by atoms with van der Waals surface area (Å²) in [6, 6.07) is 3.94. The Morgan fingerprint density at radius 3 is 2.71 bits per heavy atom. The van der Waals surface area contributed by atoms with Gasteiger partial charge in [0.1, 0.15) is 0 Å². The number of aromatic nitrogens is 3. The molecule has 6 nitrogen and oxygen atoms in total. The SMILES string of the molecule is NS(=O)(=O)c1nnc(-c2cccs2)n1C1CC1. The smallest absolute Gasteiger partial charge is 0.273 e. The molecular weight excluding hydrogens is 260 g/mol. The molecule has 1 saturated carbocycles. The molecule has 17 heavy (non-hydrogen) atoms. The van der Waals surface area contributed by atoms with E-state index in [1.165, 1.54) is 11.3 Å². The third-order valence-electron chi connectivity index (χ3n) is 2.57. The number of sulfonamides is 1. The van der Waals surface area contributed by atoms with Crippen molar-refractivity contribution < 1.29 is 8.42 Å². The molecule has 2 N–H and O–H groups in total. The van der Waals surface area contributed by atoms with Crippen LogP contribution >= 0.6 is 11.3 Å². The first kappa shape index (κ1) is 10.9. The maximum Gasteiger partial charge on any atom is 0.273 e. The van der Waals surface area contributed by atoms with E-state index in [2.05, 4.69) is 10.2 Å². The number of hydrogen-bond donors (Lipinski definition) is 1. The molecule has 0 saturated heterocycles. The zero-order valence-electron chi connectivity index (χ0n) is 8.78. The Morgan fingerprint density at radius 1 is 1.41 bits per heavy atom. The van der Waals surface area contributed by atoms with E-state index in [1.54, 1.807) is 4.57 Å². The zero-order chi connectivity index (χ0) is 12.0. The van der Waals surface area contributed by atoms with Gasteiger partial charge < -0.3 is 0 Å². The van der Waals surface area contributed by atoms with E-state index in [-0.39, 0.29) is 11.2 Å². The van der Waals surface area contributed by atoms with Crippen LogP contribution in [0.5, 0.6) is 0 Å². The third kappa shape index (κ3) is 1.88. The van der Waals surface area contributed by atoms with E-state index in [1.807, 2.05) is 17.5 Å². The molecule has 8 heteroatoms. The highest BCUT2D eigenvalue weighted by atomic mass is 32.2. The lowest BCUT2D eigenvalue weighted by Crippen LogP contribution is -2.18. The second-order valence-electron chi connectivity index (χ2n) is 3.93. The number of rotatable bonds is 3. The predicted molar refractivity (Wildman–Crippen MR) is 63.0 cm³/mol. The lowest BCUT2D eigenvalue weighted by molar-refractivity contribution is 0.567. The van der Waals surface area contributed by atoms with Crippen molar-refractivity contribution in [1.82, 2.24) is 14.8 Å². The van der Waals surface area contributed by atoms with Crippen LogP contribution in [0.3, 0.4) is 0 Å². The van der Waals surface area contributed by atoms with Crippen LogP contribution in [-0.2, 0) is 10.0 Å². The van der Waals surface area contributed by atoms with Gasteiger partial charge in [0.05, 0.1) is 4.88 Å². The Labute approximate surface area is 102 Å². The van der Waals surface area contributed by atoms with Gasteiger partial charge in [-0.2, -0.15) is 0 Å². The normalized spacial score (nSPS) is 16.3. The molecule has 2 heterocycles. The summed E-state index contributed by atoms with van der Waals surface area (Å²) < 4.78 is 24.5. The maximum absolute atomic E-state index is 11.4. The third-order valence-corrected chi connectivity index (χ3v) is 4.23. The molecule has 0 unspecified atom stereocenters. The molecule has 0 radical (unpaired) electrons. The maximum atomic E-state index is 11.4. The van der Waals surface area contributed by atoms with E-state index < -0.39 is 10.0 Å². The first-order chi connectivity index (χ1) is 8.07. The molecule has 0 aliphatic heterocycles. The van der Waals surface area contributed by atoms with Crippen LogP contribution in [0, 0.1) is 0 Å². The molecule has 0 atom stereocenters. The van der Waals surface area contributed by atoms with E-state index in [4.69, 9.17) is 5.14 Å². The number of nitrogens with zero attached hydrogens (tertiary/aromatic N) is 3. The average molecular weight is 270 g/mol. The van der Waals surface area contributed by atoms with E-state index in [9.17, 15) is 8.42 Å². The Morgan fingerprint density at radius 2 is 2.18 bits per heavy atom. The molecule has 1 aliphatic rings. The highest BCUT2D eigenvalue weighted by Crippen LogP contribution is 2.40. The molecule has 3 rings (SSSR count). The Hall–Kier alpha value is -1.25. The van der Waals surface area contributed by atoms with Crippen LogP contribution in [0.25, 0.3) is 10.7 Å². The minimum absolute atomic E-state index is 0.136. The van der Waals surface area contributed by atoms with E-state index >= 15 is 0 Å². The monoisotopic (exact) mass is 270 g/mol. The van der Waals surface area contributed by atoms with E-state index in [0.29, 0.717) is 5.82 Å². The predicted octanol–water partition coefficient (Wildman–Crippen LogP) is 0.989. The van der Waals surface area contributed by atoms with Crippen LogP contribution in [-0.4, -0.2) is 23.2 Å². The molecule has 0 bridgehead atoms. The molecular formula is C9H10N4O2S2. The largest absolute Gasteiger partial charge is 0.293 e. The second kappa shape index (κ2) is 3.62. The van der Waals surface area contributed by atoms with Gasteiger partial charge in [0.2, 0.25) is 0 Å². The van der Waals surface area contributed by atoms with E-state index in [0.717, 1.165) is 17.7 Å². The Balaban J connectivity index is 2.21. The van der Waals surface area contributed by atoms with Gasteiger partial charge >= 0.3 is 0 Å². The quantitative estimate of drug-likeness (QED) is 0.900. The van der Waals surface area contributed by atoms with Crippen molar-refractivity contribution in [2.75, 3.05) is 0 Å². The summed E-state index contributed by atoms with van der Waals surface area (Å²) in [6.07, 6.45) is 1.89. The van der Waals surface area contributed by atoms with Gasteiger partial charge in [0.25, 0.3) is 15.2 Å². The number of thiophene rings is 1. The lowest BCUT2D eigenvalue weighted by Gasteiger charge is -2.05. The van der Waals surface area contributed by atoms with Crippen molar-refractivity contribution >= 4 is 21.4 Å². The number of nitrogens with two attached hydrogens (primary N) is 1. The highest BCUT2D eigenvalue weighted by molar-refractivity contribution is 7.89. The van der Waals surface area contributed by atoms with Gasteiger partial charge in [0.15, 0.2) is 5.82 Å². The van der Waals surface area contributed by atoms with Crippen molar-refractivity contribution in [2.24, 2.45) is 5.14 Å². The molecule has 90 valence electrons. The lowest BCUT2D eigenvalue weighted by atomic mass is 10.4. The first-order valence-electron chi connectivity index (χ1n) is 5.09. The molecule has 0 aromatic carbocycles. The minimum atomic E-state index is -3.81. The summed E-state index contributed by atoms with van der Waals surface area (Å²) in [5, 5.41) is 14.6. The average Bonchev–Trinajstić information content (AvgIpc) is 2.81. The van der Waals surface area contributed by atoms with Gasteiger partial charge in [-0.15, -0.1) is 21.5 Å². The fraction of sp³-hybridized carbons (Fsp3) is 0.333. The summed E-state index contributed by atoms with van der Waals surface area (Å²) >= 11 is 1.50. The number of primary sulfonamides is 1. The molecule has 2 aromatic heterocycles. The van der Waals surface area contributed by atoms with Gasteiger partial charge in [0, 0.05) is 6.04 Å². The van der Waals surface area contributed by atoms with Crippen LogP contribution in [0.15, 0.2) is 22.7 Å². The summed E-state index contributed by atoms with van der Waals surface area (Å²) in [5.41, 5.74) is 0. The van der Waals surface area contributed by atoms with Crippen molar-refractivity contribution in [1.29, 1.82) is 0 Å². The van der Waals surface area contributed by atoms with Gasteiger partial charge in [-0.3, -0.25) is 4.57 Å². The second-order valence-corrected chi connectivity index (χ2v) is 6.33. The summed E-state index contributed by atoms with van der Waals surface area (Å²) in [7, 11) is -3.81. The van der Waals surface area contributed by atoms with Gasteiger partial charge in [-0.1, -0.05) is 6.07 Å². The summed E-state index contributed by atoms with van der Waals surface area (Å²) in [5.74, 6) is 0.589. The number of hydrogen-bond acceptors (Lipinski definition) is 5. The molecule has 1 fully saturated rings. The van der Waals surface area contributed by atoms with Crippen LogP contribution in [0.2, 0.25) is 0 Å². The van der Waals surface area contributed by atoms with Gasteiger partial charge in [-0.25, -0.2) is 13.6 Å². The van der Waals surface area contributed by atoms with Crippen LogP contribution in [0.1, 0.15) is 18.9 Å². The molecule has 1 aliphatic carbocycles. The van der Waals surface area contributed by atoms with Crippen molar-refractivity contribution in [2.45, 2.75) is 24.0 Å². The molecule has 0 spiro atoms. The topological polar surface area (TPSA) is 90.9 Å². The fourth-order valence-electron chi connectivity index (χ4n) is 1.71. The minimum Gasteiger partial charge on any atom is -0.293 e. The molecule has 0 amide bonds. The highest BCUT2D eigenvalue weighted by Gasteiger charge is 2.33. The fourth-order valence-corrected chi connectivity index (χ4v) is 3.08. The Bertz CT molecular complexity index is 641. The van der Waals surface area contributed by atoms with Gasteiger partial charge in [-0.05, 0) is 24.3 Å². The molecule has 2 aromatic rings. The standard InChI is InChI=1S/C9H10N4O2S2/c10-17(14,15)9-12-11-8(7-2-1-5-16-7)13(9)6-3-4-6/h1-2,5-6H,3-4H2,(H2,10,14,15). The van der Waals surface area contributed by atoms with Crippen LogP contribution < -0.4 is 5.14 Å². The van der Waals surface area contributed by atoms with Crippen molar-refractivity contribution in [3.8, 4) is 10.7 Å². The summed E-state index contributed by atoms with van der Waals surface area (Å²) in [4.78, 5) is 0.902.